The summed E-state index contributed by atoms with van der Waals surface area (Å²) in [6.45, 7) is 7.43. The van der Waals surface area contributed by atoms with Crippen LogP contribution >= 0.6 is 0 Å². The molecule has 0 aliphatic carbocycles. The minimum Gasteiger partial charge on any atom is -0.461 e. The molecule has 0 aromatic carbocycles. The van der Waals surface area contributed by atoms with Crippen LogP contribution in [0.2, 0.25) is 0 Å². The number of hydrogen-bond acceptors (Lipinski definition) is 2. The van der Waals surface area contributed by atoms with E-state index < -0.39 is 0 Å². The van der Waals surface area contributed by atoms with Crippen LogP contribution in [0, 0.1) is 0 Å². The van der Waals surface area contributed by atoms with Gasteiger partial charge in [0.2, 0.25) is 5.91 Å². The van der Waals surface area contributed by atoms with Crippen LogP contribution in [0.1, 0.15) is 25.4 Å². The lowest BCUT2D eigenvalue weighted by Gasteiger charge is -2.06. The molecule has 0 saturated carbocycles. The van der Waals surface area contributed by atoms with E-state index in [9.17, 15) is 4.79 Å². The van der Waals surface area contributed by atoms with Crippen LogP contribution in [-0.4, -0.2) is 11.9 Å². The van der Waals surface area contributed by atoms with Crippen molar-refractivity contribution in [1.29, 1.82) is 0 Å². The topological polar surface area (TPSA) is 42.2 Å². The van der Waals surface area contributed by atoms with Gasteiger partial charge in [-0.25, -0.2) is 0 Å². The van der Waals surface area contributed by atoms with Crippen molar-refractivity contribution in [2.45, 2.75) is 26.3 Å². The summed E-state index contributed by atoms with van der Waals surface area (Å²) >= 11 is 0. The minimum atomic E-state index is -0.0232. The Morgan fingerprint density at radius 1 is 1.64 bits per heavy atom. The Hall–Kier alpha value is -1.51. The fourth-order valence-corrected chi connectivity index (χ4v) is 1.13. The van der Waals surface area contributed by atoms with E-state index in [-0.39, 0.29) is 18.4 Å². The van der Waals surface area contributed by atoms with E-state index in [0.717, 1.165) is 0 Å². The predicted molar refractivity (Wildman–Crippen MR) is 55.8 cm³/mol. The summed E-state index contributed by atoms with van der Waals surface area (Å²) < 4.78 is 5.31. The van der Waals surface area contributed by atoms with Crippen LogP contribution in [0.3, 0.4) is 0 Å². The van der Waals surface area contributed by atoms with Gasteiger partial charge in [0, 0.05) is 6.04 Å². The Bertz CT molecular complexity index is 326. The van der Waals surface area contributed by atoms with Gasteiger partial charge < -0.3 is 9.73 Å². The van der Waals surface area contributed by atoms with E-state index >= 15 is 0 Å². The summed E-state index contributed by atoms with van der Waals surface area (Å²) in [5, 5.41) is 2.79. The maximum absolute atomic E-state index is 11.3. The zero-order chi connectivity index (χ0) is 10.6. The molecular formula is C11H15NO2. The molecule has 0 saturated heterocycles. The lowest BCUT2D eigenvalue weighted by molar-refractivity contribution is -0.121. The van der Waals surface area contributed by atoms with E-state index in [1.54, 1.807) is 18.2 Å². The maximum Gasteiger partial charge on any atom is 0.227 e. The van der Waals surface area contributed by atoms with Crippen molar-refractivity contribution in [2.24, 2.45) is 0 Å². The molecule has 3 heteroatoms. The molecule has 1 aromatic rings. The first-order valence-electron chi connectivity index (χ1n) is 4.62. The van der Waals surface area contributed by atoms with Gasteiger partial charge in [0.25, 0.3) is 0 Å². The summed E-state index contributed by atoms with van der Waals surface area (Å²) in [6, 6.07) is 3.75. The molecule has 0 aliphatic rings. The van der Waals surface area contributed by atoms with E-state index in [4.69, 9.17) is 4.42 Å². The second-order valence-corrected chi connectivity index (χ2v) is 3.41. The molecule has 14 heavy (non-hydrogen) atoms. The third-order valence-corrected chi connectivity index (χ3v) is 1.67. The van der Waals surface area contributed by atoms with Crippen molar-refractivity contribution in [3.05, 3.63) is 30.2 Å². The zero-order valence-corrected chi connectivity index (χ0v) is 8.54. The zero-order valence-electron chi connectivity index (χ0n) is 8.54. The summed E-state index contributed by atoms with van der Waals surface area (Å²) in [5.74, 6) is 1.33. The second kappa shape index (κ2) is 4.65. The second-order valence-electron chi connectivity index (χ2n) is 3.41. The Labute approximate surface area is 83.8 Å². The van der Waals surface area contributed by atoms with Gasteiger partial charge in [-0.1, -0.05) is 6.58 Å². The van der Waals surface area contributed by atoms with Crippen molar-refractivity contribution >= 4 is 12.0 Å². The molecule has 0 unspecified atom stereocenters. The van der Waals surface area contributed by atoms with Crippen LogP contribution in [0.4, 0.5) is 0 Å². The molecule has 1 heterocycles. The highest BCUT2D eigenvalue weighted by Gasteiger charge is 2.07. The number of carbonyl (C=O) groups is 1. The van der Waals surface area contributed by atoms with Crippen LogP contribution in [-0.2, 0) is 11.2 Å². The Morgan fingerprint density at radius 2 is 2.36 bits per heavy atom. The van der Waals surface area contributed by atoms with E-state index in [1.165, 1.54) is 0 Å². The smallest absolute Gasteiger partial charge is 0.227 e. The van der Waals surface area contributed by atoms with Crippen molar-refractivity contribution in [1.82, 2.24) is 5.32 Å². The maximum atomic E-state index is 11.3. The largest absolute Gasteiger partial charge is 0.461 e. The molecule has 0 radical (unpaired) electrons. The van der Waals surface area contributed by atoms with Gasteiger partial charge in [0.15, 0.2) is 0 Å². The molecule has 3 nitrogen and oxygen atoms in total. The summed E-state index contributed by atoms with van der Waals surface area (Å²) in [7, 11) is 0. The first kappa shape index (κ1) is 10.6. The quantitative estimate of drug-likeness (QED) is 0.794. The summed E-state index contributed by atoms with van der Waals surface area (Å²) in [4.78, 5) is 11.3. The molecule has 1 rings (SSSR count). The number of rotatable bonds is 4. The number of amides is 1. The molecule has 0 atom stereocenters. The predicted octanol–water partition coefficient (Wildman–Crippen LogP) is 1.99. The van der Waals surface area contributed by atoms with E-state index in [2.05, 4.69) is 11.9 Å². The van der Waals surface area contributed by atoms with E-state index in [0.29, 0.717) is 11.5 Å². The van der Waals surface area contributed by atoms with Crippen LogP contribution in [0.15, 0.2) is 23.1 Å². The standard InChI is InChI=1S/C11H15NO2/c1-4-9-5-6-10(14-9)7-11(13)12-8(2)3/h4-6,8H,1,7H2,2-3H3,(H,12,13). The minimum absolute atomic E-state index is 0.0232. The van der Waals surface area contributed by atoms with E-state index in [1.807, 2.05) is 13.8 Å². The van der Waals surface area contributed by atoms with Crippen molar-refractivity contribution in [3.63, 3.8) is 0 Å². The monoisotopic (exact) mass is 193 g/mol. The average Bonchev–Trinajstić information content (AvgIpc) is 2.50. The molecule has 76 valence electrons. The molecule has 1 amide bonds. The SMILES string of the molecule is C=Cc1ccc(CC(=O)NC(C)C)o1. The van der Waals surface area contributed by atoms with Gasteiger partial charge in [-0.2, -0.15) is 0 Å². The van der Waals surface area contributed by atoms with Gasteiger partial charge in [0.1, 0.15) is 11.5 Å². The third-order valence-electron chi connectivity index (χ3n) is 1.67. The molecule has 0 bridgehead atoms. The molecular weight excluding hydrogens is 178 g/mol. The number of hydrogen-bond donors (Lipinski definition) is 1. The average molecular weight is 193 g/mol. The van der Waals surface area contributed by atoms with Gasteiger partial charge in [0.05, 0.1) is 6.42 Å². The molecule has 1 N–H and O–H groups in total. The van der Waals surface area contributed by atoms with Crippen molar-refractivity contribution < 1.29 is 9.21 Å². The third kappa shape index (κ3) is 3.09. The first-order chi connectivity index (χ1) is 6.61. The number of nitrogens with one attached hydrogen (secondary N) is 1. The lowest BCUT2D eigenvalue weighted by atomic mass is 10.3. The van der Waals surface area contributed by atoms with Crippen LogP contribution in [0.25, 0.3) is 6.08 Å². The normalized spacial score (nSPS) is 10.2. The molecule has 0 spiro atoms. The molecule has 1 aromatic heterocycles. The van der Waals surface area contributed by atoms with Crippen LogP contribution in [0.5, 0.6) is 0 Å². The summed E-state index contributed by atoms with van der Waals surface area (Å²) in [6.07, 6.45) is 1.90. The molecule has 0 aliphatic heterocycles. The van der Waals surface area contributed by atoms with Gasteiger partial charge >= 0.3 is 0 Å². The lowest BCUT2D eigenvalue weighted by Crippen LogP contribution is -2.31. The Morgan fingerprint density at radius 3 is 2.86 bits per heavy atom. The van der Waals surface area contributed by atoms with Gasteiger partial charge in [-0.3, -0.25) is 4.79 Å². The fourth-order valence-electron chi connectivity index (χ4n) is 1.13. The molecule has 0 fully saturated rings. The van der Waals surface area contributed by atoms with Gasteiger partial charge in [-0.05, 0) is 32.1 Å². The van der Waals surface area contributed by atoms with Gasteiger partial charge in [-0.15, -0.1) is 0 Å². The first-order valence-corrected chi connectivity index (χ1v) is 4.62. The highest BCUT2D eigenvalue weighted by atomic mass is 16.3. The Kier molecular flexibility index (Phi) is 3.51. The fraction of sp³-hybridized carbons (Fsp3) is 0.364. The van der Waals surface area contributed by atoms with Crippen molar-refractivity contribution in [3.8, 4) is 0 Å². The Balaban J connectivity index is 2.51. The highest BCUT2D eigenvalue weighted by Crippen LogP contribution is 2.09. The van der Waals surface area contributed by atoms with Crippen LogP contribution < -0.4 is 5.32 Å². The summed E-state index contributed by atoms with van der Waals surface area (Å²) in [5.41, 5.74) is 0. The van der Waals surface area contributed by atoms with Crippen molar-refractivity contribution in [2.75, 3.05) is 0 Å². The number of furan rings is 1. The number of carbonyl (C=O) groups excluding carboxylic acids is 1. The highest BCUT2D eigenvalue weighted by molar-refractivity contribution is 5.78.